The summed E-state index contributed by atoms with van der Waals surface area (Å²) in [5, 5.41) is 36.2. The van der Waals surface area contributed by atoms with Crippen LogP contribution in [0, 0.1) is 11.3 Å². The minimum Gasteiger partial charge on any atom is -0.423 e. The largest absolute Gasteiger partial charge is 0.494 e. The molecular formula is C10H12BNO4. The molecule has 0 aromatic heterocycles. The summed E-state index contributed by atoms with van der Waals surface area (Å²) in [5.74, 6) is 0. The van der Waals surface area contributed by atoms with E-state index in [9.17, 15) is 10.1 Å². The van der Waals surface area contributed by atoms with Gasteiger partial charge in [-0.25, -0.2) is 0 Å². The summed E-state index contributed by atoms with van der Waals surface area (Å²) in [5.41, 5.74) is 0.577. The summed E-state index contributed by atoms with van der Waals surface area (Å²) in [7, 11) is -1.38. The molecule has 1 rings (SSSR count). The maximum atomic E-state index is 9.61. The van der Waals surface area contributed by atoms with Gasteiger partial charge in [0.05, 0.1) is 11.6 Å². The number of aliphatic hydroxyl groups is 2. The highest BCUT2D eigenvalue weighted by Gasteiger charge is 2.23. The second kappa shape index (κ2) is 6.25. The summed E-state index contributed by atoms with van der Waals surface area (Å²) in [4.78, 5) is 0. The van der Waals surface area contributed by atoms with Crippen LogP contribution in [0.25, 0.3) is 0 Å². The van der Waals surface area contributed by atoms with E-state index in [2.05, 4.69) is 0 Å². The minimum atomic E-state index is -1.38. The molecule has 0 aliphatic carbocycles. The first kappa shape index (κ1) is 12.7. The summed E-state index contributed by atoms with van der Waals surface area (Å²) in [6.45, 7) is -0.242. The number of aliphatic hydroxyl groups excluding tert-OH is 2. The van der Waals surface area contributed by atoms with Crippen LogP contribution in [0.15, 0.2) is 24.3 Å². The van der Waals surface area contributed by atoms with Crippen molar-refractivity contribution in [1.29, 1.82) is 5.26 Å². The van der Waals surface area contributed by atoms with E-state index >= 15 is 0 Å². The predicted molar refractivity (Wildman–Crippen MR) is 57.6 cm³/mol. The number of nitriles is 1. The van der Waals surface area contributed by atoms with Gasteiger partial charge in [-0.15, -0.1) is 0 Å². The Kier molecular flexibility index (Phi) is 4.96. The smallest absolute Gasteiger partial charge is 0.423 e. The molecular weight excluding hydrogens is 209 g/mol. The van der Waals surface area contributed by atoms with Crippen LogP contribution < -0.4 is 5.46 Å². The van der Waals surface area contributed by atoms with E-state index < -0.39 is 13.4 Å². The molecule has 1 aromatic rings. The summed E-state index contributed by atoms with van der Waals surface area (Å²) in [6.07, 6.45) is -1.25. The van der Waals surface area contributed by atoms with Gasteiger partial charge in [-0.2, -0.15) is 5.26 Å². The third-order valence-corrected chi connectivity index (χ3v) is 2.01. The van der Waals surface area contributed by atoms with Gasteiger partial charge in [-0.1, -0.05) is 18.2 Å². The van der Waals surface area contributed by atoms with Gasteiger partial charge in [0.2, 0.25) is 0 Å². The zero-order chi connectivity index (χ0) is 12.0. The number of rotatable bonds is 5. The van der Waals surface area contributed by atoms with Crippen LogP contribution in [0.1, 0.15) is 12.0 Å². The molecule has 0 radical (unpaired) electrons. The molecule has 0 amide bonds. The predicted octanol–water partition coefficient (Wildman–Crippen LogP) is -1.04. The average Bonchev–Trinajstić information content (AvgIpc) is 2.29. The second-order valence-corrected chi connectivity index (χ2v) is 3.15. The van der Waals surface area contributed by atoms with Crippen molar-refractivity contribution in [3.8, 4) is 6.07 Å². The standard InChI is InChI=1S/C10H12BNO4/c12-7-8-3-1-2-4-9(8)11(15)16-10(14)5-6-13/h1-4,10,13-15H,5-6H2. The lowest BCUT2D eigenvalue weighted by Gasteiger charge is -2.14. The van der Waals surface area contributed by atoms with Crippen molar-refractivity contribution in [2.45, 2.75) is 12.7 Å². The molecule has 3 N–H and O–H groups in total. The van der Waals surface area contributed by atoms with E-state index in [1.807, 2.05) is 6.07 Å². The van der Waals surface area contributed by atoms with Crippen LogP contribution in [0.2, 0.25) is 0 Å². The summed E-state index contributed by atoms with van der Waals surface area (Å²) >= 11 is 0. The molecule has 0 bridgehead atoms. The molecule has 1 aromatic carbocycles. The molecule has 1 atom stereocenters. The second-order valence-electron chi connectivity index (χ2n) is 3.15. The molecule has 5 nitrogen and oxygen atoms in total. The van der Waals surface area contributed by atoms with E-state index in [0.29, 0.717) is 5.46 Å². The number of hydrogen-bond acceptors (Lipinski definition) is 5. The topological polar surface area (TPSA) is 93.7 Å². The van der Waals surface area contributed by atoms with E-state index in [-0.39, 0.29) is 18.6 Å². The minimum absolute atomic E-state index is 0.00573. The van der Waals surface area contributed by atoms with Crippen molar-refractivity contribution in [1.82, 2.24) is 0 Å². The van der Waals surface area contributed by atoms with Gasteiger partial charge in [0.15, 0.2) is 0 Å². The Morgan fingerprint density at radius 3 is 2.75 bits per heavy atom. The SMILES string of the molecule is N#Cc1ccccc1B(O)OC(O)CCO. The average molecular weight is 221 g/mol. The Morgan fingerprint density at radius 1 is 1.44 bits per heavy atom. The van der Waals surface area contributed by atoms with Gasteiger partial charge in [0, 0.05) is 18.5 Å². The third kappa shape index (κ3) is 3.33. The van der Waals surface area contributed by atoms with Crippen molar-refractivity contribution in [3.05, 3.63) is 29.8 Å². The van der Waals surface area contributed by atoms with Gasteiger partial charge in [0.1, 0.15) is 6.29 Å². The van der Waals surface area contributed by atoms with Gasteiger partial charge < -0.3 is 19.9 Å². The Morgan fingerprint density at radius 2 is 2.12 bits per heavy atom. The lowest BCUT2D eigenvalue weighted by Crippen LogP contribution is -2.39. The Bertz CT molecular complexity index is 379. The number of benzene rings is 1. The lowest BCUT2D eigenvalue weighted by molar-refractivity contribution is -0.0434. The van der Waals surface area contributed by atoms with Crippen LogP contribution in [-0.2, 0) is 4.65 Å². The Hall–Kier alpha value is -1.39. The monoisotopic (exact) mass is 221 g/mol. The highest BCUT2D eigenvalue weighted by Crippen LogP contribution is 2.00. The summed E-state index contributed by atoms with van der Waals surface area (Å²) in [6, 6.07) is 8.31. The van der Waals surface area contributed by atoms with Gasteiger partial charge in [-0.3, -0.25) is 0 Å². The van der Waals surface area contributed by atoms with Crippen molar-refractivity contribution in [2.75, 3.05) is 6.61 Å². The quantitative estimate of drug-likeness (QED) is 0.436. The zero-order valence-corrected chi connectivity index (χ0v) is 8.58. The molecule has 0 heterocycles. The number of hydrogen-bond donors (Lipinski definition) is 3. The lowest BCUT2D eigenvalue weighted by atomic mass is 9.76. The Labute approximate surface area is 93.7 Å². The fourth-order valence-corrected chi connectivity index (χ4v) is 1.21. The van der Waals surface area contributed by atoms with Crippen LogP contribution >= 0.6 is 0 Å². The van der Waals surface area contributed by atoms with Crippen LogP contribution in [-0.4, -0.2) is 35.3 Å². The molecule has 0 saturated carbocycles. The van der Waals surface area contributed by atoms with Gasteiger partial charge >= 0.3 is 7.12 Å². The normalized spacial score (nSPS) is 11.9. The maximum absolute atomic E-state index is 9.61. The third-order valence-electron chi connectivity index (χ3n) is 2.01. The molecule has 84 valence electrons. The molecule has 0 aliphatic rings. The van der Waals surface area contributed by atoms with E-state index in [1.54, 1.807) is 18.2 Å². The molecule has 0 fully saturated rings. The van der Waals surface area contributed by atoms with E-state index in [4.69, 9.17) is 15.0 Å². The molecule has 1 unspecified atom stereocenters. The Balaban J connectivity index is 2.73. The molecule has 0 aliphatic heterocycles. The number of nitrogens with zero attached hydrogens (tertiary/aromatic N) is 1. The summed E-state index contributed by atoms with van der Waals surface area (Å²) < 4.78 is 4.82. The van der Waals surface area contributed by atoms with Crippen molar-refractivity contribution < 1.29 is 19.9 Å². The molecule has 16 heavy (non-hydrogen) atoms. The van der Waals surface area contributed by atoms with Crippen molar-refractivity contribution >= 4 is 12.6 Å². The molecule has 0 spiro atoms. The van der Waals surface area contributed by atoms with Crippen LogP contribution in [0.4, 0.5) is 0 Å². The van der Waals surface area contributed by atoms with Gasteiger partial charge in [0.25, 0.3) is 0 Å². The van der Waals surface area contributed by atoms with E-state index in [1.165, 1.54) is 6.07 Å². The first-order chi connectivity index (χ1) is 7.69. The zero-order valence-electron chi connectivity index (χ0n) is 8.58. The van der Waals surface area contributed by atoms with Crippen molar-refractivity contribution in [3.63, 3.8) is 0 Å². The van der Waals surface area contributed by atoms with Crippen molar-refractivity contribution in [2.24, 2.45) is 0 Å². The van der Waals surface area contributed by atoms with Gasteiger partial charge in [-0.05, 0) is 6.07 Å². The van der Waals surface area contributed by atoms with Crippen LogP contribution in [0.3, 0.4) is 0 Å². The maximum Gasteiger partial charge on any atom is 0.494 e. The fraction of sp³-hybridized carbons (Fsp3) is 0.300. The molecule has 0 saturated heterocycles. The van der Waals surface area contributed by atoms with E-state index in [0.717, 1.165) is 0 Å². The fourth-order valence-electron chi connectivity index (χ4n) is 1.21. The first-order valence-electron chi connectivity index (χ1n) is 4.80. The highest BCUT2D eigenvalue weighted by molar-refractivity contribution is 6.60. The molecule has 6 heteroatoms. The highest BCUT2D eigenvalue weighted by atomic mass is 16.6. The van der Waals surface area contributed by atoms with Crippen LogP contribution in [0.5, 0.6) is 0 Å². The first-order valence-corrected chi connectivity index (χ1v) is 4.80.